The summed E-state index contributed by atoms with van der Waals surface area (Å²) in [5.74, 6) is 3.83. The van der Waals surface area contributed by atoms with Crippen molar-refractivity contribution in [2.45, 2.75) is 32.9 Å². The van der Waals surface area contributed by atoms with Crippen LogP contribution in [0.5, 0.6) is 11.5 Å². The van der Waals surface area contributed by atoms with Crippen molar-refractivity contribution in [3.05, 3.63) is 23.8 Å². The molecule has 2 N–H and O–H groups in total. The van der Waals surface area contributed by atoms with Crippen LogP contribution < -0.4 is 14.8 Å². The van der Waals surface area contributed by atoms with Gasteiger partial charge in [0.15, 0.2) is 11.5 Å². The molecular formula is C16H23NO3. The van der Waals surface area contributed by atoms with E-state index in [-0.39, 0.29) is 19.3 Å². The van der Waals surface area contributed by atoms with E-state index in [1.54, 1.807) is 0 Å². The normalized spacial score (nSPS) is 11.7. The number of aliphatic hydroxyl groups excluding tert-OH is 1. The van der Waals surface area contributed by atoms with E-state index < -0.39 is 0 Å². The van der Waals surface area contributed by atoms with Gasteiger partial charge in [0, 0.05) is 18.2 Å². The summed E-state index contributed by atoms with van der Waals surface area (Å²) in [5, 5.41) is 12.5. The topological polar surface area (TPSA) is 50.7 Å². The van der Waals surface area contributed by atoms with E-state index in [1.165, 1.54) is 0 Å². The molecule has 0 aromatic heterocycles. The van der Waals surface area contributed by atoms with Gasteiger partial charge in [-0.3, -0.25) is 0 Å². The number of aliphatic hydroxyl groups is 1. The molecule has 0 saturated heterocycles. The maximum absolute atomic E-state index is 9.21. The maximum Gasteiger partial charge on any atom is 0.167 e. The summed E-state index contributed by atoms with van der Waals surface area (Å²) in [6, 6.07) is 5.82. The molecule has 0 aliphatic rings. The SMILES string of the molecule is C#CCOc1c(CN[C@H](CC)CO)cccc1OCC. The quantitative estimate of drug-likeness (QED) is 0.678. The maximum atomic E-state index is 9.21. The minimum Gasteiger partial charge on any atom is -0.490 e. The van der Waals surface area contributed by atoms with Crippen LogP contribution in [-0.4, -0.2) is 31.0 Å². The predicted molar refractivity (Wildman–Crippen MR) is 79.9 cm³/mol. The van der Waals surface area contributed by atoms with Gasteiger partial charge in [-0.15, -0.1) is 6.42 Å². The number of rotatable bonds is 9. The molecule has 1 aromatic carbocycles. The standard InChI is InChI=1S/C16H23NO3/c1-4-10-20-16-13(11-17-14(5-2)12-18)8-7-9-15(16)19-6-3/h1,7-9,14,17-18H,5-6,10-12H2,2-3H3/t14-/m1/s1. The molecule has 0 bridgehead atoms. The Bertz CT molecular complexity index is 436. The van der Waals surface area contributed by atoms with Crippen molar-refractivity contribution in [3.63, 3.8) is 0 Å². The Balaban J connectivity index is 2.87. The predicted octanol–water partition coefficient (Wildman–Crippen LogP) is 1.96. The Kier molecular flexibility index (Phi) is 7.56. The Morgan fingerprint density at radius 3 is 2.75 bits per heavy atom. The zero-order chi connectivity index (χ0) is 14.8. The van der Waals surface area contributed by atoms with Crippen LogP contribution in [0.15, 0.2) is 18.2 Å². The Labute approximate surface area is 121 Å². The van der Waals surface area contributed by atoms with Crippen molar-refractivity contribution in [1.82, 2.24) is 5.32 Å². The molecule has 0 heterocycles. The minimum atomic E-state index is 0.0752. The summed E-state index contributed by atoms with van der Waals surface area (Å²) in [6.07, 6.45) is 6.11. The lowest BCUT2D eigenvalue weighted by Crippen LogP contribution is -2.31. The molecule has 0 amide bonds. The van der Waals surface area contributed by atoms with E-state index in [0.717, 1.165) is 12.0 Å². The fourth-order valence-electron chi connectivity index (χ4n) is 1.84. The zero-order valence-electron chi connectivity index (χ0n) is 12.2. The van der Waals surface area contributed by atoms with Crippen LogP contribution in [0, 0.1) is 12.3 Å². The van der Waals surface area contributed by atoms with E-state index >= 15 is 0 Å². The third-order valence-corrected chi connectivity index (χ3v) is 2.95. The first-order chi connectivity index (χ1) is 9.76. The van der Waals surface area contributed by atoms with Crippen molar-refractivity contribution in [3.8, 4) is 23.8 Å². The van der Waals surface area contributed by atoms with Gasteiger partial charge in [-0.05, 0) is 19.4 Å². The first kappa shape index (κ1) is 16.4. The molecule has 0 fully saturated rings. The molecule has 4 nitrogen and oxygen atoms in total. The van der Waals surface area contributed by atoms with E-state index in [4.69, 9.17) is 15.9 Å². The number of benzene rings is 1. The molecule has 0 saturated carbocycles. The van der Waals surface area contributed by atoms with Gasteiger partial charge < -0.3 is 19.9 Å². The number of hydrogen-bond acceptors (Lipinski definition) is 4. The Morgan fingerprint density at radius 2 is 2.15 bits per heavy atom. The molecule has 1 atom stereocenters. The van der Waals surface area contributed by atoms with Crippen molar-refractivity contribution in [2.24, 2.45) is 0 Å². The molecule has 4 heteroatoms. The Morgan fingerprint density at radius 1 is 1.35 bits per heavy atom. The lowest BCUT2D eigenvalue weighted by molar-refractivity contribution is 0.237. The highest BCUT2D eigenvalue weighted by Gasteiger charge is 2.12. The van der Waals surface area contributed by atoms with E-state index in [0.29, 0.717) is 24.7 Å². The third kappa shape index (κ3) is 4.76. The molecule has 0 aliphatic heterocycles. The average Bonchev–Trinajstić information content (AvgIpc) is 2.47. The number of nitrogens with one attached hydrogen (secondary N) is 1. The van der Waals surface area contributed by atoms with Gasteiger partial charge in [-0.2, -0.15) is 0 Å². The van der Waals surface area contributed by atoms with Crippen LogP contribution in [0.25, 0.3) is 0 Å². The van der Waals surface area contributed by atoms with Crippen LogP contribution in [0.4, 0.5) is 0 Å². The highest BCUT2D eigenvalue weighted by molar-refractivity contribution is 5.46. The highest BCUT2D eigenvalue weighted by atomic mass is 16.5. The number of para-hydroxylation sites is 1. The molecule has 0 radical (unpaired) electrons. The summed E-state index contributed by atoms with van der Waals surface area (Å²) in [6.45, 7) is 5.43. The van der Waals surface area contributed by atoms with Crippen LogP contribution in [0.2, 0.25) is 0 Å². The summed E-state index contributed by atoms with van der Waals surface area (Å²) >= 11 is 0. The van der Waals surface area contributed by atoms with Crippen molar-refractivity contribution in [2.75, 3.05) is 19.8 Å². The number of hydrogen-bond donors (Lipinski definition) is 2. The molecule has 0 aliphatic carbocycles. The average molecular weight is 277 g/mol. The Hall–Kier alpha value is -1.70. The van der Waals surface area contributed by atoms with Gasteiger partial charge >= 0.3 is 0 Å². The van der Waals surface area contributed by atoms with E-state index in [1.807, 2.05) is 32.0 Å². The van der Waals surface area contributed by atoms with Crippen LogP contribution in [-0.2, 0) is 6.54 Å². The fraction of sp³-hybridized carbons (Fsp3) is 0.500. The lowest BCUT2D eigenvalue weighted by Gasteiger charge is -2.18. The van der Waals surface area contributed by atoms with Gasteiger partial charge in [-0.1, -0.05) is 25.0 Å². The molecule has 20 heavy (non-hydrogen) atoms. The summed E-state index contributed by atoms with van der Waals surface area (Å²) in [7, 11) is 0. The second-order valence-corrected chi connectivity index (χ2v) is 4.34. The summed E-state index contributed by atoms with van der Waals surface area (Å²) in [5.41, 5.74) is 0.970. The van der Waals surface area contributed by atoms with Crippen molar-refractivity contribution in [1.29, 1.82) is 0 Å². The van der Waals surface area contributed by atoms with E-state index in [9.17, 15) is 5.11 Å². The second kappa shape index (κ2) is 9.24. The number of terminal acetylenes is 1. The van der Waals surface area contributed by atoms with Crippen molar-refractivity contribution < 1.29 is 14.6 Å². The summed E-state index contributed by atoms with van der Waals surface area (Å²) < 4.78 is 11.2. The molecule has 1 rings (SSSR count). The fourth-order valence-corrected chi connectivity index (χ4v) is 1.84. The van der Waals surface area contributed by atoms with Crippen molar-refractivity contribution >= 4 is 0 Å². The van der Waals surface area contributed by atoms with Gasteiger partial charge in [-0.25, -0.2) is 0 Å². The minimum absolute atomic E-state index is 0.0752. The number of ether oxygens (including phenoxy) is 2. The summed E-state index contributed by atoms with van der Waals surface area (Å²) in [4.78, 5) is 0. The third-order valence-electron chi connectivity index (χ3n) is 2.95. The van der Waals surface area contributed by atoms with E-state index in [2.05, 4.69) is 11.2 Å². The first-order valence-corrected chi connectivity index (χ1v) is 6.91. The van der Waals surface area contributed by atoms with Gasteiger partial charge in [0.2, 0.25) is 0 Å². The molecule has 1 aromatic rings. The lowest BCUT2D eigenvalue weighted by atomic mass is 10.1. The molecule has 0 unspecified atom stereocenters. The molecule has 0 spiro atoms. The smallest absolute Gasteiger partial charge is 0.167 e. The molecular weight excluding hydrogens is 254 g/mol. The largest absolute Gasteiger partial charge is 0.490 e. The van der Waals surface area contributed by atoms with Gasteiger partial charge in [0.25, 0.3) is 0 Å². The van der Waals surface area contributed by atoms with Crippen LogP contribution in [0.1, 0.15) is 25.8 Å². The van der Waals surface area contributed by atoms with Crippen LogP contribution in [0.3, 0.4) is 0 Å². The van der Waals surface area contributed by atoms with Gasteiger partial charge in [0.05, 0.1) is 13.2 Å². The van der Waals surface area contributed by atoms with Gasteiger partial charge in [0.1, 0.15) is 6.61 Å². The highest BCUT2D eigenvalue weighted by Crippen LogP contribution is 2.31. The molecule has 110 valence electrons. The second-order valence-electron chi connectivity index (χ2n) is 4.34. The first-order valence-electron chi connectivity index (χ1n) is 6.91. The van der Waals surface area contributed by atoms with Crippen LogP contribution >= 0.6 is 0 Å². The monoisotopic (exact) mass is 277 g/mol. The zero-order valence-corrected chi connectivity index (χ0v) is 12.2.